The summed E-state index contributed by atoms with van der Waals surface area (Å²) in [5, 5.41) is 10.5. The minimum atomic E-state index is -0.488. The fourth-order valence-electron chi connectivity index (χ4n) is 4.45. The maximum absolute atomic E-state index is 10.5. The molecule has 1 unspecified atom stereocenters. The molecule has 1 aliphatic heterocycles. The molecule has 1 N–H and O–H groups in total. The van der Waals surface area contributed by atoms with E-state index < -0.39 is 6.10 Å². The number of aliphatic hydroxyl groups excluding tert-OH is 1. The van der Waals surface area contributed by atoms with Crippen LogP contribution in [0.2, 0.25) is 0 Å². The number of β-amino-alcohol motifs (C(OH)–C–C–N with tert-alkyl or cyclic N) is 1. The van der Waals surface area contributed by atoms with Crippen LogP contribution in [0.15, 0.2) is 79.1 Å². The van der Waals surface area contributed by atoms with Crippen molar-refractivity contribution in [1.82, 2.24) is 14.8 Å². The topological polar surface area (TPSA) is 48.8 Å². The van der Waals surface area contributed by atoms with Gasteiger partial charge < -0.3 is 9.84 Å². The number of aliphatic hydroxyl groups is 1. The Bertz CT molecular complexity index is 904. The Morgan fingerprint density at radius 1 is 0.906 bits per heavy atom. The van der Waals surface area contributed by atoms with Crippen LogP contribution in [0.4, 0.5) is 0 Å². The van der Waals surface area contributed by atoms with E-state index >= 15 is 0 Å². The molecule has 0 aliphatic carbocycles. The maximum atomic E-state index is 10.5. The summed E-state index contributed by atoms with van der Waals surface area (Å²) in [6.45, 7) is 7.30. The first kappa shape index (κ1) is 22.6. The number of pyridine rings is 1. The summed E-state index contributed by atoms with van der Waals surface area (Å²) in [5.41, 5.74) is 4.81. The number of rotatable bonds is 9. The van der Waals surface area contributed by atoms with Crippen molar-refractivity contribution in [3.05, 3.63) is 101 Å². The van der Waals surface area contributed by atoms with Crippen molar-refractivity contribution >= 4 is 0 Å². The molecule has 2 heterocycles. The second kappa shape index (κ2) is 11.3. The molecule has 1 atom stereocenters. The van der Waals surface area contributed by atoms with Crippen LogP contribution >= 0.6 is 0 Å². The zero-order valence-corrected chi connectivity index (χ0v) is 18.8. The molecule has 1 aliphatic rings. The number of piperazine rings is 1. The molecule has 0 spiro atoms. The SMILES string of the molecule is Cc1cncc(COCC(O)CN2CCN(C(c3ccccc3)c3ccccc3)CC2)c1. The third-order valence-electron chi connectivity index (χ3n) is 5.98. The second-order valence-corrected chi connectivity index (χ2v) is 8.60. The Kier molecular flexibility index (Phi) is 8.02. The van der Waals surface area contributed by atoms with Crippen molar-refractivity contribution in [2.45, 2.75) is 25.7 Å². The molecular formula is C27H33N3O2. The number of ether oxygens (including phenoxy) is 1. The molecule has 0 radical (unpaired) electrons. The Labute approximate surface area is 191 Å². The Hall–Kier alpha value is -2.57. The van der Waals surface area contributed by atoms with Gasteiger partial charge in [-0.25, -0.2) is 0 Å². The highest BCUT2D eigenvalue weighted by molar-refractivity contribution is 5.32. The molecule has 3 aromatic rings. The van der Waals surface area contributed by atoms with Gasteiger partial charge in [0.15, 0.2) is 0 Å². The van der Waals surface area contributed by atoms with E-state index in [1.54, 1.807) is 0 Å². The Morgan fingerprint density at radius 3 is 2.12 bits per heavy atom. The lowest BCUT2D eigenvalue weighted by Crippen LogP contribution is -2.50. The number of aromatic nitrogens is 1. The molecule has 4 rings (SSSR count). The summed E-state index contributed by atoms with van der Waals surface area (Å²) in [5.74, 6) is 0. The van der Waals surface area contributed by atoms with Gasteiger partial charge in [0.2, 0.25) is 0 Å². The molecule has 5 heteroatoms. The van der Waals surface area contributed by atoms with E-state index in [1.807, 2.05) is 19.3 Å². The predicted octanol–water partition coefficient (Wildman–Crippen LogP) is 3.67. The minimum Gasteiger partial charge on any atom is -0.389 e. The first-order chi connectivity index (χ1) is 15.7. The lowest BCUT2D eigenvalue weighted by molar-refractivity contribution is -0.000772. The molecule has 0 amide bonds. The molecule has 5 nitrogen and oxygen atoms in total. The van der Waals surface area contributed by atoms with Crippen LogP contribution < -0.4 is 0 Å². The quantitative estimate of drug-likeness (QED) is 0.560. The third kappa shape index (κ3) is 6.24. The molecule has 2 aromatic carbocycles. The van der Waals surface area contributed by atoms with Crippen molar-refractivity contribution in [3.63, 3.8) is 0 Å². The summed E-state index contributed by atoms with van der Waals surface area (Å²) in [6, 6.07) is 23.8. The number of hydrogen-bond donors (Lipinski definition) is 1. The number of aryl methyl sites for hydroxylation is 1. The van der Waals surface area contributed by atoms with E-state index in [9.17, 15) is 5.11 Å². The van der Waals surface area contributed by atoms with Gasteiger partial charge in [0.1, 0.15) is 0 Å². The summed E-state index contributed by atoms with van der Waals surface area (Å²) >= 11 is 0. The molecule has 1 saturated heterocycles. The van der Waals surface area contributed by atoms with Crippen molar-refractivity contribution in [1.29, 1.82) is 0 Å². The van der Waals surface area contributed by atoms with Crippen molar-refractivity contribution in [2.24, 2.45) is 0 Å². The standard InChI is InChI=1S/C27H33N3O2/c1-22-16-23(18-28-17-22)20-32-21-26(31)19-29-12-14-30(15-13-29)27(24-8-4-2-5-9-24)25-10-6-3-7-11-25/h2-11,16-18,26-27,31H,12-15,19-21H2,1H3. The number of nitrogens with zero attached hydrogens (tertiary/aromatic N) is 3. The van der Waals surface area contributed by atoms with Crippen LogP contribution in [0.5, 0.6) is 0 Å². The van der Waals surface area contributed by atoms with Crippen LogP contribution in [0, 0.1) is 6.92 Å². The lowest BCUT2D eigenvalue weighted by atomic mass is 9.96. The molecule has 1 fully saturated rings. The predicted molar refractivity (Wildman–Crippen MR) is 127 cm³/mol. The van der Waals surface area contributed by atoms with E-state index in [0.717, 1.165) is 37.3 Å². The van der Waals surface area contributed by atoms with Crippen LogP contribution in [0.3, 0.4) is 0 Å². The van der Waals surface area contributed by atoms with Gasteiger partial charge in [0.25, 0.3) is 0 Å². The van der Waals surface area contributed by atoms with Gasteiger partial charge in [-0.15, -0.1) is 0 Å². The number of benzene rings is 2. The van der Waals surface area contributed by atoms with Crippen molar-refractivity contribution < 1.29 is 9.84 Å². The van der Waals surface area contributed by atoms with Crippen LogP contribution in [0.25, 0.3) is 0 Å². The van der Waals surface area contributed by atoms with E-state index in [1.165, 1.54) is 11.1 Å². The zero-order valence-electron chi connectivity index (χ0n) is 18.8. The van der Waals surface area contributed by atoms with Crippen molar-refractivity contribution in [3.8, 4) is 0 Å². The average molecular weight is 432 g/mol. The van der Waals surface area contributed by atoms with E-state index in [0.29, 0.717) is 19.8 Å². The molecule has 0 bridgehead atoms. The van der Waals surface area contributed by atoms with Gasteiger partial charge in [-0.3, -0.25) is 14.8 Å². The fourth-order valence-corrected chi connectivity index (χ4v) is 4.45. The smallest absolute Gasteiger partial charge is 0.0900 e. The van der Waals surface area contributed by atoms with Gasteiger partial charge in [-0.1, -0.05) is 66.7 Å². The fraction of sp³-hybridized carbons (Fsp3) is 0.370. The highest BCUT2D eigenvalue weighted by Crippen LogP contribution is 2.29. The highest BCUT2D eigenvalue weighted by atomic mass is 16.5. The zero-order chi connectivity index (χ0) is 22.2. The average Bonchev–Trinajstić information content (AvgIpc) is 2.82. The van der Waals surface area contributed by atoms with E-state index in [2.05, 4.69) is 81.5 Å². The monoisotopic (exact) mass is 431 g/mol. The molecule has 1 aromatic heterocycles. The van der Waals surface area contributed by atoms with Gasteiger partial charge >= 0.3 is 0 Å². The summed E-state index contributed by atoms with van der Waals surface area (Å²) < 4.78 is 5.73. The van der Waals surface area contributed by atoms with E-state index in [-0.39, 0.29) is 6.04 Å². The molecular weight excluding hydrogens is 398 g/mol. The first-order valence-electron chi connectivity index (χ1n) is 11.4. The van der Waals surface area contributed by atoms with Crippen LogP contribution in [-0.4, -0.2) is 65.3 Å². The minimum absolute atomic E-state index is 0.260. The maximum Gasteiger partial charge on any atom is 0.0900 e. The summed E-state index contributed by atoms with van der Waals surface area (Å²) in [6.07, 6.45) is 3.16. The van der Waals surface area contributed by atoms with Crippen LogP contribution in [0.1, 0.15) is 28.3 Å². The Morgan fingerprint density at radius 2 is 1.53 bits per heavy atom. The molecule has 168 valence electrons. The van der Waals surface area contributed by atoms with Crippen LogP contribution in [-0.2, 0) is 11.3 Å². The lowest BCUT2D eigenvalue weighted by Gasteiger charge is -2.40. The van der Waals surface area contributed by atoms with Gasteiger partial charge in [0, 0.05) is 45.1 Å². The van der Waals surface area contributed by atoms with Crippen molar-refractivity contribution in [2.75, 3.05) is 39.3 Å². The van der Waals surface area contributed by atoms with E-state index in [4.69, 9.17) is 4.74 Å². The first-order valence-corrected chi connectivity index (χ1v) is 11.4. The largest absolute Gasteiger partial charge is 0.389 e. The second-order valence-electron chi connectivity index (χ2n) is 8.60. The third-order valence-corrected chi connectivity index (χ3v) is 5.98. The van der Waals surface area contributed by atoms with Gasteiger partial charge in [-0.2, -0.15) is 0 Å². The molecule has 32 heavy (non-hydrogen) atoms. The normalized spacial score (nSPS) is 16.3. The Balaban J connectivity index is 1.28. The molecule has 0 saturated carbocycles. The van der Waals surface area contributed by atoms with Gasteiger partial charge in [-0.05, 0) is 29.2 Å². The number of hydrogen-bond acceptors (Lipinski definition) is 5. The summed E-state index contributed by atoms with van der Waals surface area (Å²) in [4.78, 5) is 9.07. The highest BCUT2D eigenvalue weighted by Gasteiger charge is 2.27. The summed E-state index contributed by atoms with van der Waals surface area (Å²) in [7, 11) is 0. The van der Waals surface area contributed by atoms with Gasteiger partial charge in [0.05, 0.1) is 25.4 Å².